The van der Waals surface area contributed by atoms with Crippen LogP contribution in [0.3, 0.4) is 0 Å². The highest BCUT2D eigenvalue weighted by Gasteiger charge is 2.25. The highest BCUT2D eigenvalue weighted by molar-refractivity contribution is 5.12. The van der Waals surface area contributed by atoms with E-state index in [2.05, 4.69) is 32.8 Å². The summed E-state index contributed by atoms with van der Waals surface area (Å²) in [4.78, 5) is 12.3. The number of hydrogen-bond acceptors (Lipinski definition) is 2. The van der Waals surface area contributed by atoms with Gasteiger partial charge in [-0.25, -0.2) is 4.68 Å². The second kappa shape index (κ2) is 5.03. The molecule has 0 bridgehead atoms. The number of rotatable bonds is 4. The lowest BCUT2D eigenvalue weighted by Crippen LogP contribution is -2.40. The fourth-order valence-electron chi connectivity index (χ4n) is 2.38. The maximum Gasteiger partial charge on any atom is 0.270 e. The van der Waals surface area contributed by atoms with Gasteiger partial charge in [-0.3, -0.25) is 4.79 Å². The summed E-state index contributed by atoms with van der Waals surface area (Å²) in [5.74, 6) is 0.785. The van der Waals surface area contributed by atoms with Crippen LogP contribution in [0, 0.1) is 5.92 Å². The van der Waals surface area contributed by atoms with Crippen LogP contribution >= 0.6 is 0 Å². The zero-order valence-corrected chi connectivity index (χ0v) is 11.8. The predicted molar refractivity (Wildman–Crippen MR) is 71.4 cm³/mol. The highest BCUT2D eigenvalue weighted by Crippen LogP contribution is 2.22. The zero-order chi connectivity index (χ0) is 13.2. The van der Waals surface area contributed by atoms with E-state index >= 15 is 0 Å². The third kappa shape index (κ3) is 3.18. The van der Waals surface area contributed by atoms with Gasteiger partial charge in [0.25, 0.3) is 5.56 Å². The standard InChI is InChI=1S/C14H24N2O/c1-10(2)9-14(5,6)16-13(17)12(11(3)4)7-8-15-16/h7-8,10-11H,9H2,1-6H3. The monoisotopic (exact) mass is 236 g/mol. The van der Waals surface area contributed by atoms with Crippen LogP contribution in [0.1, 0.15) is 59.4 Å². The second-order valence-electron chi connectivity index (χ2n) is 6.07. The zero-order valence-electron chi connectivity index (χ0n) is 11.8. The molecule has 0 aliphatic rings. The van der Waals surface area contributed by atoms with Crippen molar-refractivity contribution in [1.29, 1.82) is 0 Å². The normalized spacial score (nSPS) is 12.5. The van der Waals surface area contributed by atoms with E-state index in [1.54, 1.807) is 10.9 Å². The molecule has 0 unspecified atom stereocenters. The molecule has 0 aromatic carbocycles. The van der Waals surface area contributed by atoms with Crippen LogP contribution in [0.2, 0.25) is 0 Å². The van der Waals surface area contributed by atoms with Crippen LogP contribution < -0.4 is 5.56 Å². The first-order chi connectivity index (χ1) is 7.75. The molecule has 0 saturated carbocycles. The fourth-order valence-corrected chi connectivity index (χ4v) is 2.38. The number of nitrogens with zero attached hydrogens (tertiary/aromatic N) is 2. The summed E-state index contributed by atoms with van der Waals surface area (Å²) in [7, 11) is 0. The Bertz CT molecular complexity index is 430. The van der Waals surface area contributed by atoms with Gasteiger partial charge in [0.1, 0.15) is 0 Å². The van der Waals surface area contributed by atoms with Crippen molar-refractivity contribution in [3.05, 3.63) is 28.2 Å². The van der Waals surface area contributed by atoms with Crippen molar-refractivity contribution in [2.24, 2.45) is 5.92 Å². The third-order valence-corrected chi connectivity index (χ3v) is 2.98. The molecular weight excluding hydrogens is 212 g/mol. The molecule has 0 spiro atoms. The SMILES string of the molecule is CC(C)CC(C)(C)n1nccc(C(C)C)c1=O. The van der Waals surface area contributed by atoms with Gasteiger partial charge in [-0.1, -0.05) is 27.7 Å². The van der Waals surface area contributed by atoms with Crippen LogP contribution in [-0.4, -0.2) is 9.78 Å². The topological polar surface area (TPSA) is 34.9 Å². The summed E-state index contributed by atoms with van der Waals surface area (Å²) in [5.41, 5.74) is 0.667. The van der Waals surface area contributed by atoms with Gasteiger partial charge in [0.2, 0.25) is 0 Å². The molecule has 17 heavy (non-hydrogen) atoms. The van der Waals surface area contributed by atoms with E-state index in [0.717, 1.165) is 12.0 Å². The molecule has 0 atom stereocenters. The minimum absolute atomic E-state index is 0.0492. The second-order valence-corrected chi connectivity index (χ2v) is 6.07. The summed E-state index contributed by atoms with van der Waals surface area (Å²) < 4.78 is 1.64. The first-order valence-corrected chi connectivity index (χ1v) is 6.34. The quantitative estimate of drug-likeness (QED) is 0.805. The smallest absolute Gasteiger partial charge is 0.267 e. The van der Waals surface area contributed by atoms with E-state index in [-0.39, 0.29) is 17.0 Å². The molecule has 0 aliphatic heterocycles. The van der Waals surface area contributed by atoms with Crippen molar-refractivity contribution in [3.63, 3.8) is 0 Å². The molecule has 1 aromatic rings. The Morgan fingerprint density at radius 3 is 2.35 bits per heavy atom. The lowest BCUT2D eigenvalue weighted by Gasteiger charge is -2.28. The maximum atomic E-state index is 12.3. The fraction of sp³-hybridized carbons (Fsp3) is 0.714. The van der Waals surface area contributed by atoms with Crippen LogP contribution in [0.5, 0.6) is 0 Å². The molecule has 0 saturated heterocycles. The van der Waals surface area contributed by atoms with Gasteiger partial charge in [-0.15, -0.1) is 0 Å². The van der Waals surface area contributed by atoms with Crippen molar-refractivity contribution in [2.75, 3.05) is 0 Å². The summed E-state index contributed by atoms with van der Waals surface area (Å²) in [6.45, 7) is 12.6. The molecule has 1 heterocycles. The number of hydrogen-bond donors (Lipinski definition) is 0. The van der Waals surface area contributed by atoms with Crippen molar-refractivity contribution >= 4 is 0 Å². The van der Waals surface area contributed by atoms with Crippen LogP contribution in [0.4, 0.5) is 0 Å². The van der Waals surface area contributed by atoms with E-state index in [1.807, 2.05) is 19.9 Å². The minimum atomic E-state index is -0.226. The largest absolute Gasteiger partial charge is 0.270 e. The van der Waals surface area contributed by atoms with Gasteiger partial charge < -0.3 is 0 Å². The lowest BCUT2D eigenvalue weighted by atomic mass is 9.92. The summed E-state index contributed by atoms with van der Waals surface area (Å²) in [6.07, 6.45) is 2.68. The molecular formula is C14H24N2O. The lowest BCUT2D eigenvalue weighted by molar-refractivity contribution is 0.246. The van der Waals surface area contributed by atoms with Crippen LogP contribution in [-0.2, 0) is 5.54 Å². The van der Waals surface area contributed by atoms with Crippen molar-refractivity contribution in [3.8, 4) is 0 Å². The summed E-state index contributed by atoms with van der Waals surface area (Å²) in [6, 6.07) is 1.83. The first kappa shape index (κ1) is 13.9. The van der Waals surface area contributed by atoms with E-state index < -0.39 is 0 Å². The Kier molecular flexibility index (Phi) is 4.12. The molecule has 1 rings (SSSR count). The summed E-state index contributed by atoms with van der Waals surface area (Å²) in [5, 5.41) is 4.25. The Morgan fingerprint density at radius 1 is 1.29 bits per heavy atom. The molecule has 0 amide bonds. The number of aromatic nitrogens is 2. The minimum Gasteiger partial charge on any atom is -0.267 e. The Hall–Kier alpha value is -1.12. The van der Waals surface area contributed by atoms with Gasteiger partial charge in [0, 0.05) is 11.8 Å². The van der Waals surface area contributed by atoms with Gasteiger partial charge in [-0.05, 0) is 38.2 Å². The van der Waals surface area contributed by atoms with Gasteiger partial charge in [0.05, 0.1) is 5.54 Å². The Labute approximate surface area is 104 Å². The van der Waals surface area contributed by atoms with Gasteiger partial charge in [-0.2, -0.15) is 5.10 Å². The van der Waals surface area contributed by atoms with Gasteiger partial charge in [0.15, 0.2) is 0 Å². The first-order valence-electron chi connectivity index (χ1n) is 6.34. The summed E-state index contributed by atoms with van der Waals surface area (Å²) >= 11 is 0. The third-order valence-electron chi connectivity index (χ3n) is 2.98. The van der Waals surface area contributed by atoms with Crippen molar-refractivity contribution in [1.82, 2.24) is 9.78 Å². The molecule has 0 radical (unpaired) electrons. The van der Waals surface area contributed by atoms with Crippen LogP contribution in [0.15, 0.2) is 17.1 Å². The Balaban J connectivity index is 3.23. The highest BCUT2D eigenvalue weighted by atomic mass is 16.1. The Morgan fingerprint density at radius 2 is 1.88 bits per heavy atom. The molecule has 3 heteroatoms. The molecule has 0 N–H and O–H groups in total. The maximum absolute atomic E-state index is 12.3. The molecule has 3 nitrogen and oxygen atoms in total. The van der Waals surface area contributed by atoms with E-state index in [9.17, 15) is 4.79 Å². The molecule has 0 fully saturated rings. The molecule has 1 aromatic heterocycles. The van der Waals surface area contributed by atoms with Crippen LogP contribution in [0.25, 0.3) is 0 Å². The predicted octanol–water partition coefficient (Wildman–Crippen LogP) is 3.15. The van der Waals surface area contributed by atoms with Crippen molar-refractivity contribution in [2.45, 2.75) is 59.4 Å². The van der Waals surface area contributed by atoms with Gasteiger partial charge >= 0.3 is 0 Å². The van der Waals surface area contributed by atoms with Crippen molar-refractivity contribution < 1.29 is 0 Å². The average molecular weight is 236 g/mol. The molecule has 0 aliphatic carbocycles. The molecule has 96 valence electrons. The average Bonchev–Trinajstić information content (AvgIpc) is 2.14. The van der Waals surface area contributed by atoms with E-state index in [4.69, 9.17) is 0 Å². The van der Waals surface area contributed by atoms with E-state index in [1.165, 1.54) is 0 Å². The van der Waals surface area contributed by atoms with E-state index in [0.29, 0.717) is 5.92 Å².